The van der Waals surface area contributed by atoms with E-state index in [2.05, 4.69) is 5.10 Å². The Labute approximate surface area is 140 Å². The number of hydrogen-bond acceptors (Lipinski definition) is 4. The average Bonchev–Trinajstić information content (AvgIpc) is 2.76. The zero-order chi connectivity index (χ0) is 17.0. The summed E-state index contributed by atoms with van der Waals surface area (Å²) in [6.07, 6.45) is -0.559. The molecule has 1 heterocycles. The normalized spacial score (nSPS) is 12.8. The van der Waals surface area contributed by atoms with Gasteiger partial charge in [0.1, 0.15) is 11.0 Å². The molecule has 126 valence electrons. The molecule has 0 saturated heterocycles. The van der Waals surface area contributed by atoms with Gasteiger partial charge in [0, 0.05) is 25.8 Å². The molecule has 0 aliphatic carbocycles. The van der Waals surface area contributed by atoms with Gasteiger partial charge >= 0.3 is 0 Å². The third-order valence-corrected chi connectivity index (χ3v) is 3.89. The molecule has 5 nitrogen and oxygen atoms in total. The molecule has 0 radical (unpaired) electrons. The Morgan fingerprint density at radius 3 is 2.65 bits per heavy atom. The van der Waals surface area contributed by atoms with Crippen molar-refractivity contribution < 1.29 is 14.2 Å². The summed E-state index contributed by atoms with van der Waals surface area (Å²) in [7, 11) is 3.45. The molecule has 1 N–H and O–H groups in total. The van der Waals surface area contributed by atoms with E-state index in [4.69, 9.17) is 16.3 Å². The zero-order valence-corrected chi connectivity index (χ0v) is 14.2. The van der Waals surface area contributed by atoms with Gasteiger partial charge in [-0.05, 0) is 38.2 Å². The van der Waals surface area contributed by atoms with Crippen LogP contribution >= 0.6 is 11.6 Å². The largest absolute Gasteiger partial charge is 0.389 e. The number of aliphatic hydroxyl groups is 1. The van der Waals surface area contributed by atoms with Crippen LogP contribution in [0, 0.1) is 12.7 Å². The van der Waals surface area contributed by atoms with Crippen molar-refractivity contribution in [3.05, 3.63) is 46.5 Å². The first-order chi connectivity index (χ1) is 10.9. The molecule has 0 bridgehead atoms. The van der Waals surface area contributed by atoms with Crippen molar-refractivity contribution in [1.82, 2.24) is 14.7 Å². The second-order valence-electron chi connectivity index (χ2n) is 5.55. The van der Waals surface area contributed by atoms with E-state index >= 15 is 0 Å². The van der Waals surface area contributed by atoms with E-state index in [1.807, 2.05) is 18.9 Å². The van der Waals surface area contributed by atoms with Crippen molar-refractivity contribution in [1.29, 1.82) is 0 Å². The third kappa shape index (κ3) is 4.51. The van der Waals surface area contributed by atoms with E-state index in [9.17, 15) is 9.50 Å². The lowest BCUT2D eigenvalue weighted by atomic mass is 10.2. The summed E-state index contributed by atoms with van der Waals surface area (Å²) in [6.45, 7) is 3.17. The van der Waals surface area contributed by atoms with Gasteiger partial charge in [0.05, 0.1) is 24.1 Å². The number of methoxy groups -OCH3 is 1. The summed E-state index contributed by atoms with van der Waals surface area (Å²) in [5, 5.41) is 14.7. The van der Waals surface area contributed by atoms with E-state index in [0.717, 1.165) is 11.3 Å². The molecule has 0 amide bonds. The summed E-state index contributed by atoms with van der Waals surface area (Å²) in [6, 6.07) is 6.00. The number of nitrogens with zero attached hydrogens (tertiary/aromatic N) is 3. The van der Waals surface area contributed by atoms with Crippen LogP contribution in [0.1, 0.15) is 11.3 Å². The molecule has 23 heavy (non-hydrogen) atoms. The van der Waals surface area contributed by atoms with E-state index in [-0.39, 0.29) is 12.4 Å². The number of hydrogen-bond donors (Lipinski definition) is 1. The molecule has 0 aliphatic heterocycles. The number of aromatic nitrogens is 2. The summed E-state index contributed by atoms with van der Waals surface area (Å²) >= 11 is 6.44. The zero-order valence-electron chi connectivity index (χ0n) is 13.5. The Bertz CT molecular complexity index is 646. The van der Waals surface area contributed by atoms with Crippen LogP contribution in [0.5, 0.6) is 0 Å². The van der Waals surface area contributed by atoms with E-state index < -0.39 is 6.10 Å². The third-order valence-electron chi connectivity index (χ3n) is 3.50. The standard InChI is InChI=1S/C16H21ClFN3O2/c1-11-15(9-20(2)8-14(22)10-23-3)16(17)21(19-11)13-6-4-12(18)5-7-13/h4-7,14,22H,8-10H2,1-3H3. The fraction of sp³-hybridized carbons (Fsp3) is 0.438. The van der Waals surface area contributed by atoms with Crippen LogP contribution in [0.4, 0.5) is 4.39 Å². The average molecular weight is 342 g/mol. The summed E-state index contributed by atoms with van der Waals surface area (Å²) in [5.41, 5.74) is 2.38. The molecular weight excluding hydrogens is 321 g/mol. The monoisotopic (exact) mass is 341 g/mol. The topological polar surface area (TPSA) is 50.5 Å². The molecule has 2 rings (SSSR count). The van der Waals surface area contributed by atoms with Gasteiger partial charge < -0.3 is 9.84 Å². The van der Waals surface area contributed by atoms with Crippen LogP contribution in [0.15, 0.2) is 24.3 Å². The van der Waals surface area contributed by atoms with Gasteiger partial charge in [-0.1, -0.05) is 11.6 Å². The highest BCUT2D eigenvalue weighted by molar-refractivity contribution is 6.30. The van der Waals surface area contributed by atoms with Gasteiger partial charge in [-0.3, -0.25) is 4.90 Å². The van der Waals surface area contributed by atoms with Crippen molar-refractivity contribution in [3.8, 4) is 5.69 Å². The number of aliphatic hydroxyl groups excluding tert-OH is 1. The molecule has 0 fully saturated rings. The van der Waals surface area contributed by atoms with E-state index in [1.54, 1.807) is 23.9 Å². The quantitative estimate of drug-likeness (QED) is 0.840. The Morgan fingerprint density at radius 2 is 2.04 bits per heavy atom. The molecule has 1 unspecified atom stereocenters. The summed E-state index contributed by atoms with van der Waals surface area (Å²) in [4.78, 5) is 1.95. The van der Waals surface area contributed by atoms with E-state index in [1.165, 1.54) is 12.1 Å². The van der Waals surface area contributed by atoms with Crippen LogP contribution in [0.3, 0.4) is 0 Å². The molecule has 0 saturated carbocycles. The molecule has 2 aromatic rings. The molecular formula is C16H21ClFN3O2. The fourth-order valence-corrected chi connectivity index (χ4v) is 2.74. The predicted octanol–water partition coefficient (Wildman–Crippen LogP) is 2.41. The number of rotatable bonds is 7. The van der Waals surface area contributed by atoms with Gasteiger partial charge in [-0.15, -0.1) is 0 Å². The van der Waals surface area contributed by atoms with Crippen molar-refractivity contribution in [3.63, 3.8) is 0 Å². The van der Waals surface area contributed by atoms with Gasteiger partial charge in [0.25, 0.3) is 0 Å². The molecule has 1 aromatic carbocycles. The Morgan fingerprint density at radius 1 is 1.39 bits per heavy atom. The highest BCUT2D eigenvalue weighted by atomic mass is 35.5. The molecule has 0 spiro atoms. The lowest BCUT2D eigenvalue weighted by Gasteiger charge is -2.20. The highest BCUT2D eigenvalue weighted by Crippen LogP contribution is 2.24. The van der Waals surface area contributed by atoms with Crippen LogP contribution in [0.25, 0.3) is 5.69 Å². The van der Waals surface area contributed by atoms with Crippen molar-refractivity contribution in [2.24, 2.45) is 0 Å². The number of likely N-dealkylation sites (N-methyl/N-ethyl adjacent to an activating group) is 1. The van der Waals surface area contributed by atoms with Gasteiger partial charge in [0.15, 0.2) is 0 Å². The smallest absolute Gasteiger partial charge is 0.137 e. The molecule has 1 aromatic heterocycles. The maximum absolute atomic E-state index is 13.0. The van der Waals surface area contributed by atoms with Gasteiger partial charge in [-0.2, -0.15) is 5.10 Å². The molecule has 7 heteroatoms. The second-order valence-corrected chi connectivity index (χ2v) is 5.91. The van der Waals surface area contributed by atoms with Crippen LogP contribution < -0.4 is 0 Å². The Kier molecular flexibility index (Phi) is 6.12. The highest BCUT2D eigenvalue weighted by Gasteiger charge is 2.17. The lowest BCUT2D eigenvalue weighted by Crippen LogP contribution is -2.31. The van der Waals surface area contributed by atoms with Crippen molar-refractivity contribution in [2.45, 2.75) is 19.6 Å². The lowest BCUT2D eigenvalue weighted by molar-refractivity contribution is 0.0418. The number of ether oxygens (including phenoxy) is 1. The van der Waals surface area contributed by atoms with Gasteiger partial charge in [-0.25, -0.2) is 9.07 Å². The number of aryl methyl sites for hydroxylation is 1. The maximum Gasteiger partial charge on any atom is 0.137 e. The first-order valence-electron chi connectivity index (χ1n) is 7.27. The van der Waals surface area contributed by atoms with Gasteiger partial charge in [0.2, 0.25) is 0 Å². The Balaban J connectivity index is 2.16. The minimum absolute atomic E-state index is 0.284. The van der Waals surface area contributed by atoms with Crippen LogP contribution in [-0.2, 0) is 11.3 Å². The molecule has 0 aliphatic rings. The minimum Gasteiger partial charge on any atom is -0.389 e. The summed E-state index contributed by atoms with van der Waals surface area (Å²) < 4.78 is 19.6. The van der Waals surface area contributed by atoms with Crippen molar-refractivity contribution in [2.75, 3.05) is 27.3 Å². The SMILES string of the molecule is COCC(O)CN(C)Cc1c(C)nn(-c2ccc(F)cc2)c1Cl. The first kappa shape index (κ1) is 17.9. The van der Waals surface area contributed by atoms with E-state index in [0.29, 0.717) is 23.9 Å². The van der Waals surface area contributed by atoms with Crippen LogP contribution in [-0.4, -0.2) is 53.2 Å². The van der Waals surface area contributed by atoms with Crippen molar-refractivity contribution >= 4 is 11.6 Å². The van der Waals surface area contributed by atoms with Crippen LogP contribution in [0.2, 0.25) is 5.15 Å². The number of halogens is 2. The fourth-order valence-electron chi connectivity index (χ4n) is 2.40. The Hall–Kier alpha value is -1.47. The maximum atomic E-state index is 13.0. The number of benzene rings is 1. The summed E-state index contributed by atoms with van der Waals surface area (Å²) in [5.74, 6) is -0.305. The minimum atomic E-state index is -0.559. The predicted molar refractivity (Wildman–Crippen MR) is 87.5 cm³/mol. The second kappa shape index (κ2) is 7.88. The first-order valence-corrected chi connectivity index (χ1v) is 7.65. The molecule has 1 atom stereocenters.